The van der Waals surface area contributed by atoms with Gasteiger partial charge in [0.05, 0.1) is 0 Å². The number of halogens is 2. The third kappa shape index (κ3) is 3.58. The van der Waals surface area contributed by atoms with Gasteiger partial charge in [0.2, 0.25) is 0 Å². The topological polar surface area (TPSA) is 35.2 Å². The van der Waals surface area contributed by atoms with Crippen molar-refractivity contribution in [3.05, 3.63) is 63.4 Å². The fourth-order valence-corrected chi connectivity index (χ4v) is 2.30. The molecule has 2 aromatic carbocycles. The highest BCUT2D eigenvalue weighted by molar-refractivity contribution is 9.10. The molecule has 2 N–H and O–H groups in total. The van der Waals surface area contributed by atoms with E-state index in [1.54, 1.807) is 6.07 Å². The van der Waals surface area contributed by atoms with Crippen LogP contribution >= 0.6 is 15.9 Å². The Balaban J connectivity index is 2.22. The normalized spacial score (nSPS) is 12.2. The van der Waals surface area contributed by atoms with Crippen LogP contribution in [0.25, 0.3) is 0 Å². The number of aryl methyl sites for hydroxylation is 1. The Morgan fingerprint density at radius 1 is 1.25 bits per heavy atom. The Labute approximate surface area is 126 Å². The van der Waals surface area contributed by atoms with E-state index < -0.39 is 0 Å². The van der Waals surface area contributed by atoms with E-state index in [-0.39, 0.29) is 11.9 Å². The van der Waals surface area contributed by atoms with Crippen molar-refractivity contribution >= 4 is 15.9 Å². The molecule has 0 saturated heterocycles. The molecule has 4 heteroatoms. The minimum Gasteiger partial charge on any atom is -0.489 e. The summed E-state index contributed by atoms with van der Waals surface area (Å²) in [4.78, 5) is 0. The predicted octanol–water partition coefficient (Wildman–Crippen LogP) is 4.50. The lowest BCUT2D eigenvalue weighted by atomic mass is 10.1. The van der Waals surface area contributed by atoms with E-state index in [0.717, 1.165) is 26.9 Å². The second-order valence-corrected chi connectivity index (χ2v) is 5.75. The molecule has 0 heterocycles. The molecule has 1 atom stereocenters. The Bertz CT molecular complexity index is 613. The predicted molar refractivity (Wildman–Crippen MR) is 82.2 cm³/mol. The number of benzene rings is 2. The minimum absolute atomic E-state index is 0.119. The molecule has 0 aliphatic heterocycles. The summed E-state index contributed by atoms with van der Waals surface area (Å²) in [6.07, 6.45) is 0. The van der Waals surface area contributed by atoms with Gasteiger partial charge in [-0.05, 0) is 49.2 Å². The second kappa shape index (κ2) is 6.37. The molecular weight excluding hydrogens is 321 g/mol. The zero-order valence-corrected chi connectivity index (χ0v) is 13.1. The maximum Gasteiger partial charge on any atom is 0.125 e. The highest BCUT2D eigenvalue weighted by atomic mass is 79.9. The first-order chi connectivity index (χ1) is 9.47. The monoisotopic (exact) mass is 337 g/mol. The van der Waals surface area contributed by atoms with Crippen LogP contribution in [0.2, 0.25) is 0 Å². The third-order valence-electron chi connectivity index (χ3n) is 3.16. The van der Waals surface area contributed by atoms with Crippen LogP contribution in [0.3, 0.4) is 0 Å². The summed E-state index contributed by atoms with van der Waals surface area (Å²) in [7, 11) is 0. The lowest BCUT2D eigenvalue weighted by molar-refractivity contribution is 0.300. The van der Waals surface area contributed by atoms with Gasteiger partial charge in [-0.3, -0.25) is 0 Å². The van der Waals surface area contributed by atoms with E-state index in [0.29, 0.717) is 6.61 Å². The zero-order chi connectivity index (χ0) is 14.7. The number of hydrogen-bond acceptors (Lipinski definition) is 2. The van der Waals surface area contributed by atoms with Gasteiger partial charge in [0.1, 0.15) is 18.2 Å². The standard InChI is InChI=1S/C16H17BrFNO/c1-10-3-5-14(18)7-12(10)9-20-16-8-13(17)4-6-15(16)11(2)19/h3-8,11H,9,19H2,1-2H3. The molecule has 0 saturated carbocycles. The molecule has 0 aliphatic rings. The second-order valence-electron chi connectivity index (χ2n) is 4.83. The van der Waals surface area contributed by atoms with Gasteiger partial charge in [-0.1, -0.05) is 28.1 Å². The SMILES string of the molecule is Cc1ccc(F)cc1COc1cc(Br)ccc1C(C)N. The van der Waals surface area contributed by atoms with Crippen LogP contribution in [0, 0.1) is 12.7 Å². The highest BCUT2D eigenvalue weighted by Gasteiger charge is 2.10. The summed E-state index contributed by atoms with van der Waals surface area (Å²) < 4.78 is 20.0. The molecule has 0 spiro atoms. The lowest BCUT2D eigenvalue weighted by Crippen LogP contribution is -2.08. The first kappa shape index (κ1) is 15.0. The Kier molecular flexibility index (Phi) is 4.78. The van der Waals surface area contributed by atoms with Crippen LogP contribution in [0.5, 0.6) is 5.75 Å². The van der Waals surface area contributed by atoms with E-state index >= 15 is 0 Å². The first-order valence-corrected chi connectivity index (χ1v) is 7.19. The summed E-state index contributed by atoms with van der Waals surface area (Å²) >= 11 is 3.42. The summed E-state index contributed by atoms with van der Waals surface area (Å²) in [5.41, 5.74) is 8.70. The molecular formula is C16H17BrFNO. The number of ether oxygens (including phenoxy) is 1. The zero-order valence-electron chi connectivity index (χ0n) is 11.5. The smallest absolute Gasteiger partial charge is 0.125 e. The van der Waals surface area contributed by atoms with Gasteiger partial charge in [-0.25, -0.2) is 4.39 Å². The Morgan fingerprint density at radius 2 is 2.00 bits per heavy atom. The maximum atomic E-state index is 13.3. The van der Waals surface area contributed by atoms with E-state index in [1.807, 2.05) is 32.0 Å². The van der Waals surface area contributed by atoms with Crippen molar-refractivity contribution in [1.29, 1.82) is 0 Å². The summed E-state index contributed by atoms with van der Waals surface area (Å²) in [5.74, 6) is 0.467. The van der Waals surface area contributed by atoms with Gasteiger partial charge in [-0.15, -0.1) is 0 Å². The summed E-state index contributed by atoms with van der Waals surface area (Å²) in [5, 5.41) is 0. The van der Waals surface area contributed by atoms with Crippen molar-refractivity contribution in [3.8, 4) is 5.75 Å². The Morgan fingerprint density at radius 3 is 2.70 bits per heavy atom. The fourth-order valence-electron chi connectivity index (χ4n) is 1.96. The summed E-state index contributed by atoms with van der Waals surface area (Å²) in [6, 6.07) is 10.3. The van der Waals surface area contributed by atoms with Crippen LogP contribution in [0.4, 0.5) is 4.39 Å². The van der Waals surface area contributed by atoms with Gasteiger partial charge >= 0.3 is 0 Å². The molecule has 20 heavy (non-hydrogen) atoms. The molecule has 1 unspecified atom stereocenters. The van der Waals surface area contributed by atoms with Crippen LogP contribution in [0.15, 0.2) is 40.9 Å². The van der Waals surface area contributed by atoms with Crippen molar-refractivity contribution < 1.29 is 9.13 Å². The Hall–Kier alpha value is -1.39. The summed E-state index contributed by atoms with van der Waals surface area (Å²) in [6.45, 7) is 4.16. The molecule has 0 bridgehead atoms. The van der Waals surface area contributed by atoms with Crippen LogP contribution in [-0.4, -0.2) is 0 Å². The molecule has 106 valence electrons. The van der Waals surface area contributed by atoms with Crippen LogP contribution in [-0.2, 0) is 6.61 Å². The maximum absolute atomic E-state index is 13.3. The van der Waals surface area contributed by atoms with Crippen LogP contribution < -0.4 is 10.5 Å². The quantitative estimate of drug-likeness (QED) is 0.891. The van der Waals surface area contributed by atoms with Gasteiger partial charge in [0.15, 0.2) is 0 Å². The van der Waals surface area contributed by atoms with Crippen LogP contribution in [0.1, 0.15) is 29.7 Å². The molecule has 2 rings (SSSR count). The molecule has 0 aromatic heterocycles. The number of rotatable bonds is 4. The van der Waals surface area contributed by atoms with E-state index in [1.165, 1.54) is 12.1 Å². The van der Waals surface area contributed by atoms with E-state index in [4.69, 9.17) is 10.5 Å². The van der Waals surface area contributed by atoms with Gasteiger partial charge in [-0.2, -0.15) is 0 Å². The minimum atomic E-state index is -0.254. The third-order valence-corrected chi connectivity index (χ3v) is 3.65. The largest absolute Gasteiger partial charge is 0.489 e. The number of hydrogen-bond donors (Lipinski definition) is 1. The van der Waals surface area contributed by atoms with Crippen molar-refractivity contribution in [1.82, 2.24) is 0 Å². The molecule has 0 radical (unpaired) electrons. The average Bonchev–Trinajstić information content (AvgIpc) is 2.39. The fraction of sp³-hybridized carbons (Fsp3) is 0.250. The first-order valence-electron chi connectivity index (χ1n) is 6.40. The molecule has 0 aliphatic carbocycles. The van der Waals surface area contributed by atoms with E-state index in [9.17, 15) is 4.39 Å². The molecule has 0 amide bonds. The van der Waals surface area contributed by atoms with Crippen molar-refractivity contribution in [2.45, 2.75) is 26.5 Å². The average molecular weight is 338 g/mol. The molecule has 2 aromatic rings. The lowest BCUT2D eigenvalue weighted by Gasteiger charge is -2.15. The van der Waals surface area contributed by atoms with Gasteiger partial charge < -0.3 is 10.5 Å². The van der Waals surface area contributed by atoms with Gasteiger partial charge in [0.25, 0.3) is 0 Å². The van der Waals surface area contributed by atoms with Gasteiger partial charge in [0, 0.05) is 16.1 Å². The number of nitrogens with two attached hydrogens (primary N) is 1. The van der Waals surface area contributed by atoms with Crippen molar-refractivity contribution in [2.75, 3.05) is 0 Å². The molecule has 2 nitrogen and oxygen atoms in total. The van der Waals surface area contributed by atoms with Crippen molar-refractivity contribution in [2.24, 2.45) is 5.73 Å². The molecule has 0 fully saturated rings. The highest BCUT2D eigenvalue weighted by Crippen LogP contribution is 2.28. The van der Waals surface area contributed by atoms with Crippen molar-refractivity contribution in [3.63, 3.8) is 0 Å². The van der Waals surface area contributed by atoms with E-state index in [2.05, 4.69) is 15.9 Å².